The molecule has 0 amide bonds. The van der Waals surface area contributed by atoms with E-state index in [4.69, 9.17) is 0 Å². The zero-order valence-corrected chi connectivity index (χ0v) is 11.3. The highest BCUT2D eigenvalue weighted by Gasteiger charge is 2.34. The Morgan fingerprint density at radius 1 is 1.38 bits per heavy atom. The van der Waals surface area contributed by atoms with Gasteiger partial charge in [0, 0.05) is 18.2 Å². The fourth-order valence-corrected chi connectivity index (χ4v) is 2.28. The Bertz CT molecular complexity index is 510. The number of Topliss-reactive ketones (excluding diaryl/α,β-unsaturated/α-hetero) is 1. The molecule has 1 saturated heterocycles. The molecule has 0 saturated carbocycles. The minimum atomic E-state index is -4.80. The lowest BCUT2D eigenvalue weighted by atomic mass is 10.0. The van der Waals surface area contributed by atoms with Crippen LogP contribution in [-0.4, -0.2) is 31.5 Å². The van der Waals surface area contributed by atoms with E-state index in [9.17, 15) is 22.4 Å². The maximum absolute atomic E-state index is 13.2. The SMILES string of the molecule is O=C(CN[C@@H]1CCCNC1)c1ccc(F)c(C(F)(F)F)c1. The molecule has 7 heteroatoms. The molecule has 1 heterocycles. The van der Waals surface area contributed by atoms with Crippen molar-refractivity contribution < 1.29 is 22.4 Å². The monoisotopic (exact) mass is 304 g/mol. The molecule has 1 aliphatic heterocycles. The normalized spacial score (nSPS) is 19.5. The standard InChI is InChI=1S/C14H16F4N2O/c15-12-4-3-9(6-11(12)14(16,17)18)13(21)8-20-10-2-1-5-19-7-10/h3-4,6,10,19-20H,1-2,5,7-8H2/t10-/m1/s1. The quantitative estimate of drug-likeness (QED) is 0.663. The van der Waals surface area contributed by atoms with Gasteiger partial charge in [-0.1, -0.05) is 0 Å². The number of alkyl halides is 3. The Balaban J connectivity index is 2.02. The van der Waals surface area contributed by atoms with Gasteiger partial charge in [-0.05, 0) is 37.6 Å². The summed E-state index contributed by atoms with van der Waals surface area (Å²) in [4.78, 5) is 11.9. The van der Waals surface area contributed by atoms with Gasteiger partial charge in [0.1, 0.15) is 5.82 Å². The van der Waals surface area contributed by atoms with Gasteiger partial charge < -0.3 is 10.6 Å². The number of carbonyl (C=O) groups is 1. The molecular formula is C14H16F4N2O. The number of halogens is 4. The predicted molar refractivity (Wildman–Crippen MR) is 69.6 cm³/mol. The van der Waals surface area contributed by atoms with E-state index < -0.39 is 23.3 Å². The van der Waals surface area contributed by atoms with E-state index in [1.807, 2.05) is 0 Å². The minimum absolute atomic E-state index is 0.0602. The zero-order chi connectivity index (χ0) is 15.5. The lowest BCUT2D eigenvalue weighted by molar-refractivity contribution is -0.140. The highest BCUT2D eigenvalue weighted by Crippen LogP contribution is 2.31. The summed E-state index contributed by atoms with van der Waals surface area (Å²) >= 11 is 0. The maximum Gasteiger partial charge on any atom is 0.419 e. The van der Waals surface area contributed by atoms with Crippen LogP contribution in [0, 0.1) is 5.82 Å². The summed E-state index contributed by atoms with van der Waals surface area (Å²) in [5.41, 5.74) is -1.55. The van der Waals surface area contributed by atoms with Crippen LogP contribution >= 0.6 is 0 Å². The van der Waals surface area contributed by atoms with Crippen LogP contribution in [0.15, 0.2) is 18.2 Å². The van der Waals surface area contributed by atoms with Crippen LogP contribution in [0.1, 0.15) is 28.8 Å². The van der Waals surface area contributed by atoms with Crippen LogP contribution in [-0.2, 0) is 6.18 Å². The second kappa shape index (κ2) is 6.53. The molecule has 2 rings (SSSR count). The first-order chi connectivity index (χ1) is 9.88. The molecule has 3 nitrogen and oxygen atoms in total. The van der Waals surface area contributed by atoms with Gasteiger partial charge in [0.05, 0.1) is 12.1 Å². The minimum Gasteiger partial charge on any atom is -0.315 e. The third-order valence-electron chi connectivity index (χ3n) is 3.44. The summed E-state index contributed by atoms with van der Waals surface area (Å²) in [5.74, 6) is -1.85. The average molecular weight is 304 g/mol. The van der Waals surface area contributed by atoms with Crippen molar-refractivity contribution in [2.45, 2.75) is 25.1 Å². The van der Waals surface area contributed by atoms with E-state index in [1.165, 1.54) is 0 Å². The Hall–Kier alpha value is -1.47. The van der Waals surface area contributed by atoms with E-state index in [0.29, 0.717) is 12.1 Å². The Morgan fingerprint density at radius 2 is 2.14 bits per heavy atom. The number of hydrogen-bond donors (Lipinski definition) is 2. The molecular weight excluding hydrogens is 288 g/mol. The van der Waals surface area contributed by atoms with E-state index in [0.717, 1.165) is 32.0 Å². The summed E-state index contributed by atoms with van der Waals surface area (Å²) in [6, 6.07) is 2.45. The van der Waals surface area contributed by atoms with Gasteiger partial charge in [-0.3, -0.25) is 4.79 Å². The van der Waals surface area contributed by atoms with E-state index in [1.54, 1.807) is 0 Å². The van der Waals surface area contributed by atoms with Crippen molar-refractivity contribution in [3.05, 3.63) is 35.1 Å². The average Bonchev–Trinajstić information content (AvgIpc) is 2.45. The van der Waals surface area contributed by atoms with Crippen LogP contribution in [0.5, 0.6) is 0 Å². The number of rotatable bonds is 4. The second-order valence-electron chi connectivity index (χ2n) is 5.04. The molecule has 0 aliphatic carbocycles. The molecule has 0 spiro atoms. The van der Waals surface area contributed by atoms with Crippen LogP contribution in [0.2, 0.25) is 0 Å². The molecule has 0 unspecified atom stereocenters. The fourth-order valence-electron chi connectivity index (χ4n) is 2.28. The van der Waals surface area contributed by atoms with Crippen molar-refractivity contribution >= 4 is 5.78 Å². The van der Waals surface area contributed by atoms with E-state index in [2.05, 4.69) is 10.6 Å². The van der Waals surface area contributed by atoms with Crippen molar-refractivity contribution in [1.29, 1.82) is 0 Å². The highest BCUT2D eigenvalue weighted by atomic mass is 19.4. The number of carbonyl (C=O) groups excluding carboxylic acids is 1. The molecule has 21 heavy (non-hydrogen) atoms. The Morgan fingerprint density at radius 3 is 2.76 bits per heavy atom. The lowest BCUT2D eigenvalue weighted by Crippen LogP contribution is -2.44. The van der Waals surface area contributed by atoms with Crippen molar-refractivity contribution in [2.75, 3.05) is 19.6 Å². The van der Waals surface area contributed by atoms with Crippen LogP contribution < -0.4 is 10.6 Å². The number of piperidine rings is 1. The topological polar surface area (TPSA) is 41.1 Å². The van der Waals surface area contributed by atoms with Crippen LogP contribution in [0.25, 0.3) is 0 Å². The predicted octanol–water partition coefficient (Wildman–Crippen LogP) is 2.37. The van der Waals surface area contributed by atoms with Gasteiger partial charge in [0.15, 0.2) is 5.78 Å². The molecule has 0 aromatic heterocycles. The summed E-state index contributed by atoms with van der Waals surface area (Å²) in [7, 11) is 0. The second-order valence-corrected chi connectivity index (χ2v) is 5.04. The van der Waals surface area contributed by atoms with Gasteiger partial charge >= 0.3 is 6.18 Å². The van der Waals surface area contributed by atoms with Crippen molar-refractivity contribution in [3.8, 4) is 0 Å². The molecule has 2 N–H and O–H groups in total. The summed E-state index contributed by atoms with van der Waals surface area (Å²) in [6.07, 6.45) is -2.90. The highest BCUT2D eigenvalue weighted by molar-refractivity contribution is 5.97. The Kier molecular flexibility index (Phi) is 4.95. The van der Waals surface area contributed by atoms with E-state index >= 15 is 0 Å². The van der Waals surface area contributed by atoms with Crippen molar-refractivity contribution in [3.63, 3.8) is 0 Å². The number of ketones is 1. The van der Waals surface area contributed by atoms with Gasteiger partial charge in [0.25, 0.3) is 0 Å². The van der Waals surface area contributed by atoms with Crippen molar-refractivity contribution in [1.82, 2.24) is 10.6 Å². The van der Waals surface area contributed by atoms with E-state index in [-0.39, 0.29) is 18.2 Å². The summed E-state index contributed by atoms with van der Waals surface area (Å²) in [6.45, 7) is 1.60. The molecule has 1 aromatic carbocycles. The molecule has 1 aromatic rings. The first kappa shape index (κ1) is 15.9. The first-order valence-electron chi connectivity index (χ1n) is 6.72. The fraction of sp³-hybridized carbons (Fsp3) is 0.500. The van der Waals surface area contributed by atoms with Gasteiger partial charge in [-0.15, -0.1) is 0 Å². The molecule has 1 atom stereocenters. The summed E-state index contributed by atoms with van der Waals surface area (Å²) < 4.78 is 50.9. The lowest BCUT2D eigenvalue weighted by Gasteiger charge is -2.23. The molecule has 1 fully saturated rings. The van der Waals surface area contributed by atoms with Gasteiger partial charge in [0.2, 0.25) is 0 Å². The van der Waals surface area contributed by atoms with Crippen LogP contribution in [0.3, 0.4) is 0 Å². The first-order valence-corrected chi connectivity index (χ1v) is 6.72. The smallest absolute Gasteiger partial charge is 0.315 e. The number of nitrogens with one attached hydrogen (secondary N) is 2. The van der Waals surface area contributed by atoms with Crippen molar-refractivity contribution in [2.24, 2.45) is 0 Å². The maximum atomic E-state index is 13.2. The number of benzene rings is 1. The Labute approximate surface area is 119 Å². The molecule has 0 bridgehead atoms. The molecule has 0 radical (unpaired) electrons. The number of hydrogen-bond acceptors (Lipinski definition) is 3. The third kappa shape index (κ3) is 4.25. The summed E-state index contributed by atoms with van der Waals surface area (Å²) in [5, 5.41) is 6.17. The van der Waals surface area contributed by atoms with Gasteiger partial charge in [-0.2, -0.15) is 13.2 Å². The third-order valence-corrected chi connectivity index (χ3v) is 3.44. The molecule has 116 valence electrons. The largest absolute Gasteiger partial charge is 0.419 e. The zero-order valence-electron chi connectivity index (χ0n) is 11.3. The van der Waals surface area contributed by atoms with Crippen LogP contribution in [0.4, 0.5) is 17.6 Å². The molecule has 1 aliphatic rings. The van der Waals surface area contributed by atoms with Gasteiger partial charge in [-0.25, -0.2) is 4.39 Å².